The zero-order valence-electron chi connectivity index (χ0n) is 17.6. The van der Waals surface area contributed by atoms with E-state index in [1.54, 1.807) is 23.8 Å². The smallest absolute Gasteiger partial charge is 0.315 e. The van der Waals surface area contributed by atoms with Crippen molar-refractivity contribution in [1.82, 2.24) is 9.55 Å². The predicted octanol–water partition coefficient (Wildman–Crippen LogP) is 3.57. The summed E-state index contributed by atoms with van der Waals surface area (Å²) in [6, 6.07) is 5.40. The van der Waals surface area contributed by atoms with E-state index in [2.05, 4.69) is 0 Å². The number of carboxylic acid groups (broad SMARTS) is 1. The Hall–Kier alpha value is -3.35. The Morgan fingerprint density at radius 3 is 2.97 bits per heavy atom. The first-order chi connectivity index (χ1) is 15.0. The monoisotopic (exact) mass is 420 g/mol. The first-order valence-electron chi connectivity index (χ1n) is 10.6. The van der Waals surface area contributed by atoms with Gasteiger partial charge in [-0.3, -0.25) is 14.2 Å². The second kappa shape index (κ2) is 7.11. The van der Waals surface area contributed by atoms with E-state index < -0.39 is 11.4 Å². The molecule has 0 spiro atoms. The summed E-state index contributed by atoms with van der Waals surface area (Å²) in [4.78, 5) is 29.9. The van der Waals surface area contributed by atoms with Crippen molar-refractivity contribution in [2.75, 3.05) is 13.7 Å². The normalized spacial score (nSPS) is 24.2. The summed E-state index contributed by atoms with van der Waals surface area (Å²) < 4.78 is 12.9. The number of carbonyl (C=O) groups is 1. The Balaban J connectivity index is 1.62. The molecule has 1 aromatic heterocycles. The van der Waals surface area contributed by atoms with Crippen LogP contribution in [0.5, 0.6) is 11.5 Å². The highest BCUT2D eigenvalue weighted by Crippen LogP contribution is 2.59. The van der Waals surface area contributed by atoms with Crippen LogP contribution >= 0.6 is 0 Å². The highest BCUT2D eigenvalue weighted by molar-refractivity contribution is 5.86. The molecule has 3 aliphatic rings. The van der Waals surface area contributed by atoms with Crippen LogP contribution in [0, 0.1) is 5.41 Å². The van der Waals surface area contributed by atoms with Crippen molar-refractivity contribution in [2.45, 2.75) is 38.6 Å². The van der Waals surface area contributed by atoms with E-state index in [9.17, 15) is 14.7 Å². The number of benzene rings is 1. The molecule has 0 amide bonds. The van der Waals surface area contributed by atoms with E-state index in [0.29, 0.717) is 48.0 Å². The summed E-state index contributed by atoms with van der Waals surface area (Å²) in [6.07, 6.45) is 8.12. The molecule has 2 unspecified atom stereocenters. The summed E-state index contributed by atoms with van der Waals surface area (Å²) in [5.74, 6) is 0.982. The molecular formula is C24H24N2O5. The summed E-state index contributed by atoms with van der Waals surface area (Å²) in [6.45, 7) is 2.46. The second-order valence-corrected chi connectivity index (χ2v) is 8.21. The van der Waals surface area contributed by atoms with Gasteiger partial charge in [0.2, 0.25) is 0 Å². The molecule has 0 bridgehead atoms. The molecule has 1 N–H and O–H groups in total. The summed E-state index contributed by atoms with van der Waals surface area (Å²) in [5.41, 5.74) is 2.17. The van der Waals surface area contributed by atoms with E-state index >= 15 is 0 Å². The number of aromatic nitrogens is 2. The van der Waals surface area contributed by atoms with Gasteiger partial charge in [0.15, 0.2) is 11.5 Å². The molecule has 2 aromatic rings. The lowest BCUT2D eigenvalue weighted by Gasteiger charge is -2.24. The Morgan fingerprint density at radius 1 is 1.39 bits per heavy atom. The molecule has 1 saturated carbocycles. The third-order valence-electron chi connectivity index (χ3n) is 6.46. The summed E-state index contributed by atoms with van der Waals surface area (Å²) in [7, 11) is 1.62. The van der Waals surface area contributed by atoms with Crippen LogP contribution in [0.3, 0.4) is 0 Å². The maximum Gasteiger partial charge on any atom is 0.315 e. The number of para-hydroxylation sites is 1. The average Bonchev–Trinajstić information content (AvgIpc) is 3.51. The molecule has 1 aliphatic heterocycles. The Bertz CT molecular complexity index is 1210. The van der Waals surface area contributed by atoms with Gasteiger partial charge in [-0.2, -0.15) is 0 Å². The molecule has 7 heteroatoms. The number of nitrogens with zero attached hydrogens (tertiary/aromatic N) is 2. The molecule has 2 heterocycles. The van der Waals surface area contributed by atoms with Gasteiger partial charge >= 0.3 is 5.97 Å². The van der Waals surface area contributed by atoms with Crippen molar-refractivity contribution < 1.29 is 19.4 Å². The molecule has 5 rings (SSSR count). The van der Waals surface area contributed by atoms with Crippen LogP contribution < -0.4 is 15.0 Å². The minimum atomic E-state index is -0.951. The van der Waals surface area contributed by atoms with Crippen LogP contribution in [0.1, 0.15) is 54.9 Å². The average molecular weight is 420 g/mol. The maximum atomic E-state index is 13.3. The SMILES string of the molecule is CCOc1cccc(C=C2CCCc3c2nc2n(c3=O)C3CC3(C(=O)O)C=C2)c1OC. The number of allylic oxidation sites excluding steroid dienone is 1. The van der Waals surface area contributed by atoms with Crippen molar-refractivity contribution in [3.63, 3.8) is 0 Å². The molecule has 2 atom stereocenters. The van der Waals surface area contributed by atoms with Gasteiger partial charge in [-0.25, -0.2) is 4.98 Å². The number of rotatable bonds is 5. The third-order valence-corrected chi connectivity index (χ3v) is 6.46. The van der Waals surface area contributed by atoms with Gasteiger partial charge in [0.1, 0.15) is 11.2 Å². The number of aliphatic carboxylic acids is 1. The fraction of sp³-hybridized carbons (Fsp3) is 0.375. The van der Waals surface area contributed by atoms with Crippen LogP contribution in [0.15, 0.2) is 29.1 Å². The van der Waals surface area contributed by atoms with Crippen LogP contribution in [-0.4, -0.2) is 34.3 Å². The van der Waals surface area contributed by atoms with Gasteiger partial charge in [-0.05, 0) is 56.4 Å². The maximum absolute atomic E-state index is 13.3. The molecule has 160 valence electrons. The van der Waals surface area contributed by atoms with Crippen molar-refractivity contribution in [3.05, 3.63) is 57.3 Å². The minimum Gasteiger partial charge on any atom is -0.492 e. The summed E-state index contributed by atoms with van der Waals surface area (Å²) >= 11 is 0. The lowest BCUT2D eigenvalue weighted by Crippen LogP contribution is -2.33. The number of carboxylic acids is 1. The number of methoxy groups -OCH3 is 1. The van der Waals surface area contributed by atoms with E-state index in [-0.39, 0.29) is 11.6 Å². The van der Waals surface area contributed by atoms with Crippen molar-refractivity contribution in [3.8, 4) is 11.5 Å². The summed E-state index contributed by atoms with van der Waals surface area (Å²) in [5, 5.41) is 9.59. The van der Waals surface area contributed by atoms with Gasteiger partial charge < -0.3 is 14.6 Å². The molecule has 31 heavy (non-hydrogen) atoms. The fourth-order valence-electron chi connectivity index (χ4n) is 4.82. The lowest BCUT2D eigenvalue weighted by atomic mass is 9.90. The van der Waals surface area contributed by atoms with E-state index in [4.69, 9.17) is 14.5 Å². The van der Waals surface area contributed by atoms with E-state index in [1.165, 1.54) is 0 Å². The predicted molar refractivity (Wildman–Crippen MR) is 116 cm³/mol. The van der Waals surface area contributed by atoms with Crippen molar-refractivity contribution in [2.24, 2.45) is 5.41 Å². The number of hydrogen-bond donors (Lipinski definition) is 1. The number of fused-ring (bicyclic) bond motifs is 4. The molecule has 1 aromatic carbocycles. The zero-order chi connectivity index (χ0) is 21.8. The number of hydrogen-bond acceptors (Lipinski definition) is 5. The molecule has 0 radical (unpaired) electrons. The zero-order valence-corrected chi connectivity index (χ0v) is 17.6. The topological polar surface area (TPSA) is 90.7 Å². The molecule has 2 aliphatic carbocycles. The van der Waals surface area contributed by atoms with Crippen molar-refractivity contribution in [1.29, 1.82) is 0 Å². The molecule has 0 saturated heterocycles. The van der Waals surface area contributed by atoms with E-state index in [1.807, 2.05) is 31.2 Å². The van der Waals surface area contributed by atoms with Crippen LogP contribution in [0.4, 0.5) is 0 Å². The van der Waals surface area contributed by atoms with Crippen LogP contribution in [-0.2, 0) is 11.2 Å². The quantitative estimate of drug-likeness (QED) is 0.795. The Labute approximate surface area is 179 Å². The lowest BCUT2D eigenvalue weighted by molar-refractivity contribution is -0.141. The minimum absolute atomic E-state index is 0.113. The van der Waals surface area contributed by atoms with Gasteiger partial charge in [0.05, 0.1) is 25.5 Å². The third kappa shape index (κ3) is 2.91. The highest BCUT2D eigenvalue weighted by atomic mass is 16.5. The van der Waals surface area contributed by atoms with Crippen molar-refractivity contribution >= 4 is 23.7 Å². The first kappa shape index (κ1) is 19.6. The Morgan fingerprint density at radius 2 is 2.23 bits per heavy atom. The molecular weight excluding hydrogens is 396 g/mol. The standard InChI is InChI=1S/C24H24N2O5/c1-3-31-17-9-5-7-15(21(17)30-2)12-14-6-4-8-16-20(14)25-19-10-11-24(23(28)29)13-18(24)26(19)22(16)27/h5,7,9-12,18H,3-4,6,8,13H2,1-2H3,(H,28,29). The van der Waals surface area contributed by atoms with Gasteiger partial charge in [-0.15, -0.1) is 0 Å². The molecule has 7 nitrogen and oxygen atoms in total. The van der Waals surface area contributed by atoms with Crippen LogP contribution in [0.2, 0.25) is 0 Å². The Kier molecular flexibility index (Phi) is 4.50. The second-order valence-electron chi connectivity index (χ2n) is 8.21. The van der Waals surface area contributed by atoms with Gasteiger partial charge in [0.25, 0.3) is 5.56 Å². The van der Waals surface area contributed by atoms with Crippen LogP contribution in [0.25, 0.3) is 17.7 Å². The molecule has 1 fully saturated rings. The highest BCUT2D eigenvalue weighted by Gasteiger charge is 2.62. The first-order valence-corrected chi connectivity index (χ1v) is 10.6. The largest absolute Gasteiger partial charge is 0.492 e. The van der Waals surface area contributed by atoms with E-state index in [0.717, 1.165) is 24.0 Å². The number of ether oxygens (including phenoxy) is 2. The van der Waals surface area contributed by atoms with Gasteiger partial charge in [-0.1, -0.05) is 18.2 Å². The fourth-order valence-corrected chi connectivity index (χ4v) is 4.82. The van der Waals surface area contributed by atoms with Gasteiger partial charge in [0, 0.05) is 11.1 Å².